The average molecular weight is 376 g/mol. The number of esters is 2. The zero-order chi connectivity index (χ0) is 20.1. The van der Waals surface area contributed by atoms with Crippen molar-refractivity contribution >= 4 is 17.7 Å². The van der Waals surface area contributed by atoms with Crippen LogP contribution in [-0.4, -0.2) is 52.8 Å². The number of fused-ring (bicyclic) bond motifs is 2. The van der Waals surface area contributed by atoms with Gasteiger partial charge in [-0.05, 0) is 39.3 Å². The van der Waals surface area contributed by atoms with E-state index >= 15 is 0 Å². The van der Waals surface area contributed by atoms with Crippen molar-refractivity contribution in [2.24, 2.45) is 5.92 Å². The molecule has 1 N–H and O–H groups in total. The highest BCUT2D eigenvalue weighted by atomic mass is 16.6. The molecule has 2 fully saturated rings. The maximum Gasteiger partial charge on any atom is 0.334 e. The lowest BCUT2D eigenvalue weighted by Gasteiger charge is -2.31. The summed E-state index contributed by atoms with van der Waals surface area (Å²) in [6, 6.07) is 0. The SMILES string of the molecule is C=C1C(=O)O[C@@H]2[C@H]1[C@H](OC(=O)/C(C)=C/C)C[C@@]1(C)O[C@@H]1C(=O)/C=C(/C)[C@@H]2O. The first-order chi connectivity index (χ1) is 12.6. The number of ether oxygens (including phenoxy) is 3. The molecule has 1 aliphatic carbocycles. The van der Waals surface area contributed by atoms with Crippen molar-refractivity contribution in [3.05, 3.63) is 35.5 Å². The van der Waals surface area contributed by atoms with E-state index in [0.29, 0.717) is 11.1 Å². The van der Waals surface area contributed by atoms with Crippen LogP contribution in [-0.2, 0) is 28.6 Å². The van der Waals surface area contributed by atoms with Gasteiger partial charge in [-0.15, -0.1) is 0 Å². The van der Waals surface area contributed by atoms with Gasteiger partial charge < -0.3 is 19.3 Å². The van der Waals surface area contributed by atoms with Crippen molar-refractivity contribution in [1.29, 1.82) is 0 Å². The third-order valence-electron chi connectivity index (χ3n) is 5.57. The van der Waals surface area contributed by atoms with Gasteiger partial charge in [0.1, 0.15) is 30.0 Å². The number of ketones is 1. The van der Waals surface area contributed by atoms with Gasteiger partial charge >= 0.3 is 11.9 Å². The van der Waals surface area contributed by atoms with E-state index in [0.717, 1.165) is 0 Å². The van der Waals surface area contributed by atoms with Gasteiger partial charge in [0.15, 0.2) is 5.78 Å². The molecule has 2 aliphatic heterocycles. The van der Waals surface area contributed by atoms with Gasteiger partial charge in [0.25, 0.3) is 0 Å². The summed E-state index contributed by atoms with van der Waals surface area (Å²) < 4.78 is 16.6. The molecule has 27 heavy (non-hydrogen) atoms. The van der Waals surface area contributed by atoms with Gasteiger partial charge in [-0.25, -0.2) is 9.59 Å². The van der Waals surface area contributed by atoms with E-state index in [1.54, 1.807) is 33.8 Å². The molecule has 0 amide bonds. The summed E-state index contributed by atoms with van der Waals surface area (Å²) in [4.78, 5) is 36.9. The van der Waals surface area contributed by atoms with Crippen molar-refractivity contribution in [2.45, 2.75) is 64.1 Å². The van der Waals surface area contributed by atoms with Gasteiger partial charge in [0.2, 0.25) is 0 Å². The molecular weight excluding hydrogens is 352 g/mol. The zero-order valence-corrected chi connectivity index (χ0v) is 15.9. The largest absolute Gasteiger partial charge is 0.458 e. The maximum absolute atomic E-state index is 12.4. The molecular formula is C20H24O7. The van der Waals surface area contributed by atoms with Crippen LogP contribution in [0.4, 0.5) is 0 Å². The normalized spacial score (nSPS) is 41.1. The third-order valence-corrected chi connectivity index (χ3v) is 5.57. The molecule has 0 bridgehead atoms. The van der Waals surface area contributed by atoms with Crippen molar-refractivity contribution in [1.82, 2.24) is 0 Å². The molecule has 0 radical (unpaired) electrons. The van der Waals surface area contributed by atoms with Crippen LogP contribution in [0, 0.1) is 5.92 Å². The summed E-state index contributed by atoms with van der Waals surface area (Å²) in [5, 5.41) is 10.7. The Labute approximate surface area is 157 Å². The van der Waals surface area contributed by atoms with Crippen LogP contribution in [0.2, 0.25) is 0 Å². The summed E-state index contributed by atoms with van der Waals surface area (Å²) in [5.74, 6) is -2.20. The molecule has 3 rings (SSSR count). The predicted octanol–water partition coefficient (Wildman–Crippen LogP) is 1.40. The van der Waals surface area contributed by atoms with Crippen molar-refractivity contribution in [2.75, 3.05) is 0 Å². The number of hydrogen-bond acceptors (Lipinski definition) is 7. The minimum absolute atomic E-state index is 0.135. The highest BCUT2D eigenvalue weighted by molar-refractivity contribution is 5.97. The molecule has 3 aliphatic rings. The second-order valence-corrected chi connectivity index (χ2v) is 7.59. The standard InChI is InChI=1S/C20H24O7/c1-6-9(2)18(23)25-13-8-20(5)17(27-20)12(21)7-10(3)15(22)16-14(13)11(4)19(24)26-16/h6-7,13-17,22H,4,8H2,1-3,5H3/b9-6+,10-7-/t13-,14-,15+,16-,17-,20-/m1/s1. The Morgan fingerprint density at radius 2 is 2.11 bits per heavy atom. The predicted molar refractivity (Wildman–Crippen MR) is 94.5 cm³/mol. The first-order valence-electron chi connectivity index (χ1n) is 8.90. The van der Waals surface area contributed by atoms with Crippen LogP contribution >= 0.6 is 0 Å². The molecule has 0 spiro atoms. The van der Waals surface area contributed by atoms with Gasteiger partial charge in [-0.2, -0.15) is 0 Å². The first kappa shape index (κ1) is 19.5. The van der Waals surface area contributed by atoms with E-state index in [1.807, 2.05) is 0 Å². The minimum Gasteiger partial charge on any atom is -0.458 e. The van der Waals surface area contributed by atoms with Crippen molar-refractivity contribution in [3.63, 3.8) is 0 Å². The van der Waals surface area contributed by atoms with Gasteiger partial charge in [0.05, 0.1) is 5.92 Å². The van der Waals surface area contributed by atoms with E-state index in [4.69, 9.17) is 14.2 Å². The minimum atomic E-state index is -1.21. The van der Waals surface area contributed by atoms with Gasteiger partial charge in [-0.1, -0.05) is 12.7 Å². The number of aliphatic hydroxyl groups excluding tert-OH is 1. The van der Waals surface area contributed by atoms with Crippen LogP contribution in [0.25, 0.3) is 0 Å². The molecule has 2 saturated heterocycles. The fraction of sp³-hybridized carbons (Fsp3) is 0.550. The van der Waals surface area contributed by atoms with Crippen LogP contribution in [0.5, 0.6) is 0 Å². The number of aliphatic hydroxyl groups is 1. The molecule has 0 aromatic carbocycles. The number of allylic oxidation sites excluding steroid dienone is 1. The lowest BCUT2D eigenvalue weighted by atomic mass is 9.80. The lowest BCUT2D eigenvalue weighted by Crippen LogP contribution is -2.43. The molecule has 0 aromatic rings. The molecule has 0 aromatic heterocycles. The van der Waals surface area contributed by atoms with Crippen LogP contribution in [0.3, 0.4) is 0 Å². The highest BCUT2D eigenvalue weighted by Gasteiger charge is 2.60. The van der Waals surface area contributed by atoms with E-state index < -0.39 is 47.9 Å². The Morgan fingerprint density at radius 1 is 1.44 bits per heavy atom. The topological polar surface area (TPSA) is 102 Å². The fourth-order valence-corrected chi connectivity index (χ4v) is 3.69. The molecule has 146 valence electrons. The Bertz CT molecular complexity index is 777. The van der Waals surface area contributed by atoms with Crippen LogP contribution in [0.15, 0.2) is 35.5 Å². The molecule has 2 heterocycles. The summed E-state index contributed by atoms with van der Waals surface area (Å²) in [6.45, 7) is 10.5. The Morgan fingerprint density at radius 3 is 2.74 bits per heavy atom. The molecule has 7 heteroatoms. The summed E-state index contributed by atoms with van der Waals surface area (Å²) in [5.41, 5.74) is 0.0783. The van der Waals surface area contributed by atoms with Crippen LogP contribution in [0.1, 0.15) is 34.1 Å². The second kappa shape index (κ2) is 6.73. The Balaban J connectivity index is 2.03. The average Bonchev–Trinajstić information content (AvgIpc) is 3.19. The smallest absolute Gasteiger partial charge is 0.334 e. The first-order valence-corrected chi connectivity index (χ1v) is 8.90. The number of carbonyl (C=O) groups excluding carboxylic acids is 3. The highest BCUT2D eigenvalue weighted by Crippen LogP contribution is 2.46. The third kappa shape index (κ3) is 3.37. The van der Waals surface area contributed by atoms with E-state index in [1.165, 1.54) is 6.08 Å². The lowest BCUT2D eigenvalue weighted by molar-refractivity contribution is -0.151. The number of carbonyl (C=O) groups is 3. The summed E-state index contributed by atoms with van der Waals surface area (Å²) >= 11 is 0. The fourth-order valence-electron chi connectivity index (χ4n) is 3.69. The Hall–Kier alpha value is -2.25. The quantitative estimate of drug-likeness (QED) is 0.441. The Kier molecular flexibility index (Phi) is 4.86. The molecule has 6 atom stereocenters. The monoisotopic (exact) mass is 376 g/mol. The van der Waals surface area contributed by atoms with Gasteiger partial charge in [-0.3, -0.25) is 4.79 Å². The maximum atomic E-state index is 12.4. The molecule has 7 nitrogen and oxygen atoms in total. The van der Waals surface area contributed by atoms with Gasteiger partial charge in [0, 0.05) is 17.6 Å². The van der Waals surface area contributed by atoms with E-state index in [9.17, 15) is 19.5 Å². The summed E-state index contributed by atoms with van der Waals surface area (Å²) in [6.07, 6.45) is -0.586. The second-order valence-electron chi connectivity index (χ2n) is 7.59. The number of epoxide rings is 1. The van der Waals surface area contributed by atoms with Crippen molar-refractivity contribution < 1.29 is 33.7 Å². The van der Waals surface area contributed by atoms with Crippen LogP contribution < -0.4 is 0 Å². The zero-order valence-electron chi connectivity index (χ0n) is 15.9. The number of hydrogen-bond donors (Lipinski definition) is 1. The molecule has 0 saturated carbocycles. The van der Waals surface area contributed by atoms with Crippen molar-refractivity contribution in [3.8, 4) is 0 Å². The summed E-state index contributed by atoms with van der Waals surface area (Å²) in [7, 11) is 0. The number of rotatable bonds is 2. The van der Waals surface area contributed by atoms with E-state index in [-0.39, 0.29) is 17.8 Å². The van der Waals surface area contributed by atoms with E-state index in [2.05, 4.69) is 6.58 Å². The molecule has 0 unspecified atom stereocenters.